The van der Waals surface area contributed by atoms with Gasteiger partial charge in [-0.1, -0.05) is 23.2 Å². The Morgan fingerprint density at radius 3 is 1.23 bits per heavy atom. The number of aromatic nitrogens is 18. The zero-order chi connectivity index (χ0) is 107. The van der Waals surface area contributed by atoms with Crippen molar-refractivity contribution >= 4 is 395 Å². The van der Waals surface area contributed by atoms with Gasteiger partial charge in [0, 0.05) is 89.6 Å². The van der Waals surface area contributed by atoms with E-state index in [1.807, 2.05) is 93.0 Å². The van der Waals surface area contributed by atoms with Crippen molar-refractivity contribution in [2.24, 2.45) is 0 Å². The number of fused-ring (bicyclic) bond motifs is 6. The number of benzene rings is 3. The number of thiophene rings is 6. The molecule has 40 nitrogen and oxygen atoms in total. The number of hydrogen-bond donors (Lipinski definition) is 9. The quantitative estimate of drug-likeness (QED) is 0.0157. The van der Waals surface area contributed by atoms with Crippen molar-refractivity contribution in [3.05, 3.63) is 194 Å². The van der Waals surface area contributed by atoms with E-state index in [9.17, 15) is 19.3 Å². The molecule has 3 aromatic carbocycles. The number of aliphatic hydroxyl groups is 2. The topological polar surface area (TPSA) is 521 Å². The van der Waals surface area contributed by atoms with E-state index in [-0.39, 0.29) is 97.6 Å². The van der Waals surface area contributed by atoms with Gasteiger partial charge in [-0.2, -0.15) is 9.97 Å². The third-order valence-electron chi connectivity index (χ3n) is 19.2. The van der Waals surface area contributed by atoms with Crippen LogP contribution in [0.2, 0.25) is 36.7 Å². The van der Waals surface area contributed by atoms with Crippen LogP contribution < -0.4 is 110 Å². The fourth-order valence-corrected chi connectivity index (χ4v) is 22.1. The molecule has 2 atom stereocenters. The molecule has 794 valence electrons. The number of hydrogen-bond acceptors (Lipinski definition) is 40. The molecular weight excluding hydrogens is 2720 g/mol. The fraction of sp³-hybridized carbons (Fsp3) is 0.238. The number of carbonyl (C=O) groups is 1. The van der Waals surface area contributed by atoms with Crippen LogP contribution >= 0.6 is 293 Å². The number of nitrogens with one attached hydrogen (secondary N) is 5. The van der Waals surface area contributed by atoms with Gasteiger partial charge in [0.25, 0.3) is 17.1 Å². The number of halogens is 17. The molecule has 0 amide bonds. The molecule has 2 aliphatic rings. The molecule has 0 aliphatic carbocycles. The predicted molar refractivity (Wildman–Crippen MR) is 618 cm³/mol. The number of rotatable bonds is 19. The van der Waals surface area contributed by atoms with Gasteiger partial charge in [-0.25, -0.2) is 54.8 Å². The van der Waals surface area contributed by atoms with Crippen LogP contribution in [0.4, 0.5) is 35.0 Å². The van der Waals surface area contributed by atoms with Crippen molar-refractivity contribution < 1.29 is 102 Å². The van der Waals surface area contributed by atoms with Crippen molar-refractivity contribution in [2.45, 2.75) is 44.7 Å². The van der Waals surface area contributed by atoms with E-state index in [0.717, 1.165) is 112 Å². The van der Waals surface area contributed by atoms with E-state index >= 15 is 0 Å². The molecule has 18 aromatic rings. The summed E-state index contributed by atoms with van der Waals surface area (Å²) in [7, 11) is 14.2. The molecule has 17 heterocycles. The minimum Gasteiger partial charge on any atom is -0.870 e. The zero-order valence-corrected chi connectivity index (χ0v) is 104. The third-order valence-corrected chi connectivity index (χ3v) is 28.4. The second kappa shape index (κ2) is 62.8. The van der Waals surface area contributed by atoms with Crippen molar-refractivity contribution in [2.75, 3.05) is 112 Å². The number of nitrogens with zero attached hydrogens (tertiary/aromatic N) is 17. The summed E-state index contributed by atoms with van der Waals surface area (Å²) in [5, 5.41) is 42.1. The number of aromatic amines is 2. The molecule has 0 unspecified atom stereocenters. The first-order chi connectivity index (χ1) is 69.8. The van der Waals surface area contributed by atoms with E-state index in [2.05, 4.69) is 211 Å². The molecule has 2 aliphatic heterocycles. The van der Waals surface area contributed by atoms with E-state index in [1.165, 1.54) is 63.1 Å². The maximum Gasteiger partial charge on any atom is 1.00 e. The predicted octanol–water partition coefficient (Wildman–Crippen LogP) is 23.3. The average molecular weight is 2800 g/mol. The van der Waals surface area contributed by atoms with Crippen LogP contribution in [0.15, 0.2) is 146 Å². The Kier molecular flexibility index (Phi) is 54.4. The molecule has 11 N–H and O–H groups in total. The average Bonchev–Trinajstić information content (AvgIpc) is 1.63. The summed E-state index contributed by atoms with van der Waals surface area (Å²) >= 11 is 81.7. The van der Waals surface area contributed by atoms with Crippen LogP contribution in [-0.2, 0) is 9.36 Å². The fourth-order valence-electron chi connectivity index (χ4n) is 13.0. The summed E-state index contributed by atoms with van der Waals surface area (Å²) in [4.78, 5) is 97.3. The molecule has 0 saturated carbocycles. The summed E-state index contributed by atoms with van der Waals surface area (Å²) in [5.41, 5.74) is 7.64. The van der Waals surface area contributed by atoms with Gasteiger partial charge >= 0.3 is 34.8 Å². The van der Waals surface area contributed by atoms with Gasteiger partial charge in [0.15, 0.2) is 34.5 Å². The van der Waals surface area contributed by atoms with Crippen molar-refractivity contribution in [3.8, 4) is 68.8 Å². The molecule has 149 heavy (non-hydrogen) atoms. The Morgan fingerprint density at radius 1 is 0.483 bits per heavy atom. The standard InChI is InChI=1S/C23H25BrN6O4S.C18H15BrClN5O3S.C12H15N3O3.C6HBrCl2N2S.C6H2BrClN2OS.C6H2Cl2N2S.C6H3ClN2OS.C5H11NO.C2H4O2.Br2.Cl3OP.ClH.Na.H2O/c1-32-16-7-14(8-17(33-2)20(16)34-3)29-10-19(25-12-29)26-21-15-9-18(24)35-22(15)28-23(27-21)30-6-4-5-13(30)11-31;1-26-11-4-9(5-12(27-2)15(11)28-3)25-7-14(21-8-25)22-16-10-6-13(19)29-17(10)24-18(20)23-16;1-16-9-4-8(15-6-11(13)14-7-15)5-10(17-2)12(9)18-3;7-3-1-2-4(8)10-6(9)11-5(2)12-3;7-3-1-2-4(11)9-6(8)10-5(2)12-3;7-4-3-1-2-11-5(3)10-6(8)9-4;7-6-8-4(10)3-1-2-11-5(3)9-6;7-4-5-2-1-3-6-5;1-2(3)4;1-2;1-5(2,3)4;;;/h7-10,12-13,31H,4-6,11H2,1-3H3,(H,26,27,28);4-8H,1-3H3,(H,22,23,24);4-7H,13H2,1-3H3;1H;1H,(H,9,10,11);1-2H;1-2H,(H,8,9,10);5-7H,1-4H2;1H3,(H,3,4);;;1H;;1H2/q;;;;;;;;;;;;+1;/p-1/t13-;;;;;;;5-;;;;;;/m0......0....../s1. The monoisotopic (exact) mass is 2790 g/mol. The van der Waals surface area contributed by atoms with Gasteiger partial charge in [-0.3, -0.25) is 28.9 Å². The second-order valence-electron chi connectivity index (χ2n) is 28.4. The third kappa shape index (κ3) is 37.2. The summed E-state index contributed by atoms with van der Waals surface area (Å²) in [6.07, 6.45) is 14.7. The summed E-state index contributed by atoms with van der Waals surface area (Å²) in [6, 6.07) is 22.6. The first-order valence-corrected chi connectivity index (χ1v) is 59.8. The zero-order valence-electron chi connectivity index (χ0n) is 78.5. The van der Waals surface area contributed by atoms with Gasteiger partial charge in [-0.05, 0) is 235 Å². The molecule has 65 heteroatoms. The molecule has 0 bridgehead atoms. The number of nitrogens with two attached hydrogens (primary N) is 1. The summed E-state index contributed by atoms with van der Waals surface area (Å²) < 4.78 is 67.1. The Hall–Kier alpha value is -6.86. The normalized spacial score (nSPS) is 12.4. The molecule has 0 radical (unpaired) electrons. The SMILES string of the molecule is BrBr.CC(=O)O.COc1cc(-n2cnc(N)c2)cc(OC)c1OC.COc1cc(-n2cnc(Nc3nc(Cl)nc4sc(Br)cc34)c2)cc(OC)c1OC.COc1cc(-n2cnc(Nc3nc(N4CCC[C@H]4CO)nc4sc(Br)cc34)c2)cc(OC)c1OC.Cl.Clc1nc(Cl)c2cc(Br)sc2n1.Clc1nc(Cl)c2ccsc2n1.O=P(Cl)(Cl)Cl.O=c1[nH]c(Cl)nc2sc(Br)cc12.O=c1[nH]c(Cl)nc2sccc12.OC[C@@H]1CCCN1.[Na+].[OH-]. The first-order valence-electron chi connectivity index (χ1n) is 40.8. The van der Waals surface area contributed by atoms with Crippen LogP contribution in [0.25, 0.3) is 78.4 Å². The minimum absolute atomic E-state index is 0. The van der Waals surface area contributed by atoms with Gasteiger partial charge < -0.3 is 104 Å². The number of anilines is 6. The minimum atomic E-state index is -3.22. The number of carboxylic acid groups (broad SMARTS) is 1. The molecule has 2 saturated heterocycles. The van der Waals surface area contributed by atoms with E-state index in [0.29, 0.717) is 130 Å². The van der Waals surface area contributed by atoms with Crippen LogP contribution in [0, 0.1) is 0 Å². The van der Waals surface area contributed by atoms with Gasteiger partial charge in [0.2, 0.25) is 49.6 Å². The molecule has 15 aromatic heterocycles. The van der Waals surface area contributed by atoms with Gasteiger partial charge in [0.05, 0.1) is 161 Å². The van der Waals surface area contributed by atoms with Gasteiger partial charge in [0.1, 0.15) is 87.4 Å². The van der Waals surface area contributed by atoms with Crippen molar-refractivity contribution in [3.63, 3.8) is 0 Å². The number of aliphatic carboxylic acids is 1. The molecule has 0 spiro atoms. The molecular formula is C84H80Br6Cl11N23NaO17PS6. The summed E-state index contributed by atoms with van der Waals surface area (Å²) in [5.74, 6) is 7.66. The number of imidazole rings is 3. The number of nitrogen functional groups attached to an aromatic ring is 1. The van der Waals surface area contributed by atoms with E-state index in [1.54, 1.807) is 117 Å². The van der Waals surface area contributed by atoms with Crippen molar-refractivity contribution in [1.29, 1.82) is 0 Å². The molecule has 2 fully saturated rings. The Bertz CT molecular complexity index is 7590. The smallest absolute Gasteiger partial charge is 0.870 e. The maximum absolute atomic E-state index is 11.2. The van der Waals surface area contributed by atoms with E-state index in [4.69, 9.17) is 155 Å². The van der Waals surface area contributed by atoms with Crippen LogP contribution in [0.3, 0.4) is 0 Å². The van der Waals surface area contributed by atoms with Gasteiger partial charge in [-0.15, -0.1) is 80.4 Å². The number of methoxy groups -OCH3 is 9. The largest absolute Gasteiger partial charge is 1.00 e. The van der Waals surface area contributed by atoms with Crippen LogP contribution in [-0.4, -0.2) is 218 Å². The second-order valence-corrected chi connectivity index (χ2v) is 48.9. The number of H-pyrrole nitrogens is 2. The first kappa shape index (κ1) is 129. The van der Waals surface area contributed by atoms with Crippen LogP contribution in [0.1, 0.15) is 32.6 Å². The maximum atomic E-state index is 11.2. The van der Waals surface area contributed by atoms with Crippen molar-refractivity contribution in [1.82, 2.24) is 93.8 Å². The van der Waals surface area contributed by atoms with E-state index < -0.39 is 11.2 Å². The number of ether oxygens (including phenoxy) is 9. The Labute approximate surface area is 997 Å². The van der Waals surface area contributed by atoms with Crippen LogP contribution in [0.5, 0.6) is 51.7 Å². The molecule has 20 rings (SSSR count). The number of aliphatic hydroxyl groups excluding tert-OH is 2. The summed E-state index contributed by atoms with van der Waals surface area (Å²) in [6.45, 7) is 3.38. The Morgan fingerprint density at radius 2 is 0.839 bits per heavy atom. The Balaban J connectivity index is 0.000000237. The number of carboxylic acids is 1.